The number of carbonyl (C=O) groups is 2. The fraction of sp³-hybridized carbons (Fsp3) is 0.477. The van der Waals surface area contributed by atoms with E-state index in [1.165, 1.54) is 17.8 Å². The summed E-state index contributed by atoms with van der Waals surface area (Å²) in [5, 5.41) is 22.3. The molecule has 3 aromatic heterocycles. The lowest BCUT2D eigenvalue weighted by Gasteiger charge is -2.69. The molecule has 1 amide bonds. The Morgan fingerprint density at radius 2 is 1.74 bits per heavy atom. The molecule has 2 atom stereocenters. The second-order valence-electron chi connectivity index (χ2n) is 17.9. The van der Waals surface area contributed by atoms with Crippen LogP contribution in [0.25, 0.3) is 21.3 Å². The van der Waals surface area contributed by atoms with Gasteiger partial charge in [0.05, 0.1) is 35.7 Å². The van der Waals surface area contributed by atoms with Gasteiger partial charge in [0.1, 0.15) is 11.6 Å². The van der Waals surface area contributed by atoms with Crippen LogP contribution >= 0.6 is 11.3 Å². The van der Waals surface area contributed by atoms with Crippen LogP contribution in [0.4, 0.5) is 10.9 Å². The summed E-state index contributed by atoms with van der Waals surface area (Å²) >= 11 is 1.43. The third-order valence-electron chi connectivity index (χ3n) is 13.0. The van der Waals surface area contributed by atoms with Gasteiger partial charge in [0.2, 0.25) is 0 Å². The summed E-state index contributed by atoms with van der Waals surface area (Å²) in [6.07, 6.45) is 9.18. The number of hydrogen-bond acceptors (Lipinski definition) is 10. The number of ether oxygens (including phenoxy) is 2. The van der Waals surface area contributed by atoms with E-state index in [0.29, 0.717) is 48.2 Å². The van der Waals surface area contributed by atoms with E-state index in [0.717, 1.165) is 83.5 Å². The van der Waals surface area contributed by atoms with Crippen molar-refractivity contribution in [2.45, 2.75) is 84.4 Å². The van der Waals surface area contributed by atoms with E-state index in [9.17, 15) is 14.7 Å². The molecule has 5 aromatic rings. The molecule has 2 aromatic carbocycles. The van der Waals surface area contributed by atoms with Crippen molar-refractivity contribution in [3.8, 4) is 16.9 Å². The second-order valence-corrected chi connectivity index (χ2v) is 18.9. The Balaban J connectivity index is 0.981. The summed E-state index contributed by atoms with van der Waals surface area (Å²) < 4.78 is 15.6. The monoisotopic (exact) mass is 789 g/mol. The maximum atomic E-state index is 13.8. The summed E-state index contributed by atoms with van der Waals surface area (Å²) in [6.45, 7) is 10.2. The van der Waals surface area contributed by atoms with Crippen LogP contribution in [0.15, 0.2) is 54.7 Å². The highest BCUT2D eigenvalue weighted by Gasteiger charge is 2.66. The van der Waals surface area contributed by atoms with E-state index in [-0.39, 0.29) is 33.4 Å². The number of aromatic carboxylic acids is 1. The molecule has 10 rings (SSSR count). The van der Waals surface area contributed by atoms with Crippen molar-refractivity contribution in [1.29, 1.82) is 0 Å². The molecule has 4 bridgehead atoms. The Bertz CT molecular complexity index is 2350. The zero-order chi connectivity index (χ0) is 39.7. The highest BCUT2D eigenvalue weighted by molar-refractivity contribution is 7.22. The van der Waals surface area contributed by atoms with Crippen molar-refractivity contribution in [3.05, 3.63) is 82.8 Å². The normalized spacial score (nSPS) is 26.2. The Hall–Kier alpha value is -4.85. The SMILES string of the molecule is CNCCOC12CC3(C)CC(C)(CC(Cn4ncc(-c5ccc(N6CCc7c(OC)ccc(C(=O)Nc8nc9ccccc9s8)c7C6)nc5C(=O)O)c4C)(C3)C1)C2. The Kier molecular flexibility index (Phi) is 9.21. The smallest absolute Gasteiger partial charge is 0.355 e. The lowest BCUT2D eigenvalue weighted by molar-refractivity contribution is -0.247. The number of thiazole rings is 1. The van der Waals surface area contributed by atoms with Crippen molar-refractivity contribution >= 4 is 44.4 Å². The van der Waals surface area contributed by atoms with Gasteiger partial charge in [-0.1, -0.05) is 37.3 Å². The van der Waals surface area contributed by atoms with Crippen LogP contribution in [0.2, 0.25) is 0 Å². The number of hydrogen-bond donors (Lipinski definition) is 3. The number of amides is 1. The summed E-state index contributed by atoms with van der Waals surface area (Å²) in [5.41, 5.74) is 5.76. The third kappa shape index (κ3) is 6.76. The van der Waals surface area contributed by atoms with Crippen molar-refractivity contribution in [2.24, 2.45) is 16.2 Å². The molecule has 0 radical (unpaired) electrons. The number of carboxylic acids is 1. The predicted molar refractivity (Wildman–Crippen MR) is 221 cm³/mol. The van der Waals surface area contributed by atoms with E-state index in [1.807, 2.05) is 61.3 Å². The molecular weight excluding hydrogens is 739 g/mol. The highest BCUT2D eigenvalue weighted by atomic mass is 32.1. The van der Waals surface area contributed by atoms with Gasteiger partial charge < -0.3 is 24.8 Å². The first-order valence-corrected chi connectivity index (χ1v) is 20.8. The van der Waals surface area contributed by atoms with Gasteiger partial charge >= 0.3 is 5.97 Å². The Labute approximate surface area is 337 Å². The fourth-order valence-corrected chi connectivity index (χ4v) is 12.9. The standard InChI is InChI=1S/C44H51N7O5S/c1-27-31(18-46-51(27)26-43-21-41(2)20-42(3,22-43)24-44(23-41,25-43)56-17-15-45-4)29-11-13-36(48-37(29)39(53)54)50-16-14-28-32(19-50)30(10-12-34(28)55-5)38(52)49-40-47-33-8-6-7-9-35(33)57-40/h6-13,18,45H,14-17,19-26H2,1-5H3,(H,53,54)(H,47,49,52). The molecule has 1 aliphatic heterocycles. The summed E-state index contributed by atoms with van der Waals surface area (Å²) in [5.74, 6) is -0.107. The molecule has 298 valence electrons. The number of anilines is 2. The molecule has 4 saturated carbocycles. The first-order chi connectivity index (χ1) is 27.3. The lowest BCUT2D eigenvalue weighted by Crippen LogP contribution is -2.64. The minimum absolute atomic E-state index is 0.0212. The molecule has 12 nitrogen and oxygen atoms in total. The van der Waals surface area contributed by atoms with E-state index in [1.54, 1.807) is 19.4 Å². The van der Waals surface area contributed by atoms with Gasteiger partial charge in [0.25, 0.3) is 5.91 Å². The van der Waals surface area contributed by atoms with Crippen LogP contribution in [-0.4, -0.2) is 76.2 Å². The second kappa shape index (κ2) is 13.9. The largest absolute Gasteiger partial charge is 0.496 e. The number of carboxylic acid groups (broad SMARTS) is 1. The number of para-hydroxylation sites is 1. The molecule has 4 fully saturated rings. The minimum atomic E-state index is -1.10. The number of carbonyl (C=O) groups excluding carboxylic acids is 1. The molecule has 57 heavy (non-hydrogen) atoms. The topological polar surface area (TPSA) is 144 Å². The number of fused-ring (bicyclic) bond motifs is 2. The Morgan fingerprint density at radius 1 is 0.947 bits per heavy atom. The molecule has 13 heteroatoms. The number of nitrogens with one attached hydrogen (secondary N) is 2. The van der Waals surface area contributed by atoms with Gasteiger partial charge in [-0.15, -0.1) is 0 Å². The maximum absolute atomic E-state index is 13.8. The van der Waals surface area contributed by atoms with Crippen LogP contribution < -0.4 is 20.3 Å². The number of methoxy groups -OCH3 is 1. The fourth-order valence-electron chi connectivity index (χ4n) is 12.0. The average molecular weight is 790 g/mol. The van der Waals surface area contributed by atoms with Gasteiger partial charge in [-0.05, 0) is 117 Å². The van der Waals surface area contributed by atoms with Crippen LogP contribution in [0.1, 0.15) is 90.0 Å². The van der Waals surface area contributed by atoms with Crippen LogP contribution in [0, 0.1) is 23.2 Å². The van der Waals surface area contributed by atoms with Crippen LogP contribution in [0.5, 0.6) is 5.75 Å². The highest BCUT2D eigenvalue weighted by Crippen LogP contribution is 2.72. The van der Waals surface area contributed by atoms with Crippen molar-refractivity contribution in [1.82, 2.24) is 25.1 Å². The Morgan fingerprint density at radius 3 is 2.47 bits per heavy atom. The molecule has 0 spiro atoms. The molecular formula is C44H51N7O5S. The van der Waals surface area contributed by atoms with E-state index in [2.05, 4.69) is 34.1 Å². The quantitative estimate of drug-likeness (QED) is 0.107. The van der Waals surface area contributed by atoms with Crippen molar-refractivity contribution < 1.29 is 24.2 Å². The van der Waals surface area contributed by atoms with Gasteiger partial charge in [-0.25, -0.2) is 14.8 Å². The lowest BCUT2D eigenvalue weighted by atomic mass is 9.39. The first-order valence-electron chi connectivity index (χ1n) is 20.0. The van der Waals surface area contributed by atoms with Crippen molar-refractivity contribution in [3.63, 3.8) is 0 Å². The maximum Gasteiger partial charge on any atom is 0.355 e. The number of pyridine rings is 1. The van der Waals surface area contributed by atoms with Crippen LogP contribution in [0.3, 0.4) is 0 Å². The number of nitrogens with zero attached hydrogens (tertiary/aromatic N) is 5. The number of likely N-dealkylation sites (N-methyl/N-ethyl adjacent to an activating group) is 1. The first kappa shape index (κ1) is 37.7. The summed E-state index contributed by atoms with van der Waals surface area (Å²) in [6, 6.07) is 15.1. The summed E-state index contributed by atoms with van der Waals surface area (Å²) in [4.78, 5) is 38.1. The van der Waals surface area contributed by atoms with Gasteiger partial charge in [-0.2, -0.15) is 5.10 Å². The number of benzene rings is 2. The van der Waals surface area contributed by atoms with Gasteiger partial charge in [-0.3, -0.25) is 14.8 Å². The zero-order valence-electron chi connectivity index (χ0n) is 33.4. The molecule has 3 N–H and O–H groups in total. The number of rotatable bonds is 12. The minimum Gasteiger partial charge on any atom is -0.496 e. The average Bonchev–Trinajstić information content (AvgIpc) is 3.73. The molecule has 4 heterocycles. The zero-order valence-corrected chi connectivity index (χ0v) is 34.2. The molecule has 2 unspecified atom stereocenters. The number of aromatic nitrogens is 4. The molecule has 5 aliphatic rings. The van der Waals surface area contributed by atoms with E-state index < -0.39 is 5.97 Å². The van der Waals surface area contributed by atoms with E-state index >= 15 is 0 Å². The summed E-state index contributed by atoms with van der Waals surface area (Å²) in [7, 11) is 3.60. The van der Waals surface area contributed by atoms with E-state index in [4.69, 9.17) is 19.6 Å². The van der Waals surface area contributed by atoms with Gasteiger partial charge in [0.15, 0.2) is 10.8 Å². The third-order valence-corrected chi connectivity index (χ3v) is 14.0. The van der Waals surface area contributed by atoms with Crippen LogP contribution in [-0.2, 0) is 24.2 Å². The predicted octanol–water partition coefficient (Wildman–Crippen LogP) is 7.74. The molecule has 0 saturated heterocycles. The van der Waals surface area contributed by atoms with Crippen molar-refractivity contribution in [2.75, 3.05) is 44.1 Å². The molecule has 4 aliphatic carbocycles. The van der Waals surface area contributed by atoms with Gasteiger partial charge in [0, 0.05) is 54.1 Å².